The van der Waals surface area contributed by atoms with E-state index in [1.165, 1.54) is 0 Å². The van der Waals surface area contributed by atoms with E-state index in [0.29, 0.717) is 17.0 Å². The van der Waals surface area contributed by atoms with Gasteiger partial charge in [0.15, 0.2) is 0 Å². The van der Waals surface area contributed by atoms with Crippen molar-refractivity contribution < 1.29 is 4.79 Å². The van der Waals surface area contributed by atoms with Gasteiger partial charge < -0.3 is 5.73 Å². The Balaban J connectivity index is 2.38. The first-order valence-corrected chi connectivity index (χ1v) is 5.18. The number of hydrogen-bond acceptors (Lipinski definition) is 3. The number of nitrogens with zero attached hydrogens (tertiary/aromatic N) is 1. The van der Waals surface area contributed by atoms with Crippen LogP contribution in [-0.4, -0.2) is 40.9 Å². The zero-order chi connectivity index (χ0) is 9.14. The zero-order valence-electron chi connectivity index (χ0n) is 7.62. The van der Waals surface area contributed by atoms with Gasteiger partial charge in [0.05, 0.1) is 6.54 Å². The summed E-state index contributed by atoms with van der Waals surface area (Å²) in [6.45, 7) is 6.76. The van der Waals surface area contributed by atoms with Gasteiger partial charge in [0.2, 0.25) is 5.91 Å². The van der Waals surface area contributed by atoms with Gasteiger partial charge in [-0.15, -0.1) is 0 Å². The monoisotopic (exact) mass is 188 g/mol. The van der Waals surface area contributed by atoms with E-state index in [0.717, 1.165) is 13.1 Å². The average Bonchev–Trinajstić information content (AvgIpc) is 1.81. The van der Waals surface area contributed by atoms with E-state index >= 15 is 0 Å². The van der Waals surface area contributed by atoms with Crippen molar-refractivity contribution in [2.45, 2.75) is 24.3 Å². The first kappa shape index (κ1) is 9.86. The number of rotatable bonds is 2. The third-order valence-electron chi connectivity index (χ3n) is 1.87. The van der Waals surface area contributed by atoms with E-state index in [2.05, 4.69) is 18.7 Å². The van der Waals surface area contributed by atoms with E-state index in [4.69, 9.17) is 5.73 Å². The predicted molar refractivity (Wildman–Crippen MR) is 52.1 cm³/mol. The van der Waals surface area contributed by atoms with E-state index in [1.54, 1.807) is 0 Å². The molecule has 0 bridgehead atoms. The van der Waals surface area contributed by atoms with Crippen molar-refractivity contribution >= 4 is 17.7 Å². The Bertz CT molecular complexity index is 164. The first-order chi connectivity index (χ1) is 5.58. The molecule has 1 saturated heterocycles. The molecule has 1 amide bonds. The number of thioether (sulfide) groups is 1. The van der Waals surface area contributed by atoms with Crippen molar-refractivity contribution in [3.05, 3.63) is 0 Å². The molecule has 1 fully saturated rings. The maximum atomic E-state index is 10.7. The van der Waals surface area contributed by atoms with Crippen LogP contribution in [0.3, 0.4) is 0 Å². The fourth-order valence-corrected chi connectivity index (χ4v) is 3.02. The van der Waals surface area contributed by atoms with E-state index in [1.807, 2.05) is 11.8 Å². The molecule has 2 unspecified atom stereocenters. The Morgan fingerprint density at radius 2 is 2.00 bits per heavy atom. The van der Waals surface area contributed by atoms with Crippen LogP contribution in [0.25, 0.3) is 0 Å². The van der Waals surface area contributed by atoms with Crippen molar-refractivity contribution in [3.63, 3.8) is 0 Å². The molecule has 70 valence electrons. The van der Waals surface area contributed by atoms with Gasteiger partial charge in [-0.25, -0.2) is 0 Å². The maximum absolute atomic E-state index is 10.7. The minimum Gasteiger partial charge on any atom is -0.369 e. The van der Waals surface area contributed by atoms with Crippen LogP contribution < -0.4 is 5.73 Å². The molecular formula is C8H16N2OS. The Kier molecular flexibility index (Phi) is 3.40. The lowest BCUT2D eigenvalue weighted by molar-refractivity contribution is -0.119. The Morgan fingerprint density at radius 1 is 1.50 bits per heavy atom. The summed E-state index contributed by atoms with van der Waals surface area (Å²) in [7, 11) is 0. The van der Waals surface area contributed by atoms with Gasteiger partial charge in [-0.1, -0.05) is 13.8 Å². The summed E-state index contributed by atoms with van der Waals surface area (Å²) in [5.74, 6) is -0.221. The molecule has 0 aliphatic carbocycles. The van der Waals surface area contributed by atoms with Gasteiger partial charge in [0.1, 0.15) is 0 Å². The summed E-state index contributed by atoms with van der Waals surface area (Å²) < 4.78 is 0. The molecule has 2 N–H and O–H groups in total. The summed E-state index contributed by atoms with van der Waals surface area (Å²) in [6.07, 6.45) is 0. The molecule has 12 heavy (non-hydrogen) atoms. The zero-order valence-corrected chi connectivity index (χ0v) is 8.43. The Labute approximate surface area is 77.7 Å². The minimum absolute atomic E-state index is 0.221. The average molecular weight is 188 g/mol. The summed E-state index contributed by atoms with van der Waals surface area (Å²) >= 11 is 1.98. The smallest absolute Gasteiger partial charge is 0.231 e. The van der Waals surface area contributed by atoms with Gasteiger partial charge in [0.25, 0.3) is 0 Å². The molecule has 1 aliphatic rings. The lowest BCUT2D eigenvalue weighted by atomic mass is 10.3. The first-order valence-electron chi connectivity index (χ1n) is 4.24. The van der Waals surface area contributed by atoms with Crippen molar-refractivity contribution in [2.75, 3.05) is 19.6 Å². The lowest BCUT2D eigenvalue weighted by Crippen LogP contribution is -2.44. The fraction of sp³-hybridized carbons (Fsp3) is 0.875. The summed E-state index contributed by atoms with van der Waals surface area (Å²) in [6, 6.07) is 0. The van der Waals surface area contributed by atoms with Gasteiger partial charge in [0, 0.05) is 23.6 Å². The van der Waals surface area contributed by atoms with Crippen molar-refractivity contribution in [1.82, 2.24) is 4.90 Å². The highest BCUT2D eigenvalue weighted by molar-refractivity contribution is 8.00. The van der Waals surface area contributed by atoms with Gasteiger partial charge in [-0.05, 0) is 0 Å². The Morgan fingerprint density at radius 3 is 2.42 bits per heavy atom. The summed E-state index contributed by atoms with van der Waals surface area (Å²) in [5, 5.41) is 1.24. The third kappa shape index (κ3) is 3.03. The predicted octanol–water partition coefficient (Wildman–Crippen LogP) is 0.298. The summed E-state index contributed by atoms with van der Waals surface area (Å²) in [4.78, 5) is 12.8. The van der Waals surface area contributed by atoms with Crippen LogP contribution in [0, 0.1) is 0 Å². The van der Waals surface area contributed by atoms with Crippen LogP contribution in [0.1, 0.15) is 13.8 Å². The number of primary amides is 1. The van der Waals surface area contributed by atoms with Crippen molar-refractivity contribution in [2.24, 2.45) is 5.73 Å². The number of nitrogens with two attached hydrogens (primary N) is 1. The minimum atomic E-state index is -0.221. The molecule has 0 aromatic rings. The van der Waals surface area contributed by atoms with Crippen molar-refractivity contribution in [3.8, 4) is 0 Å². The molecule has 0 saturated carbocycles. The molecule has 1 aliphatic heterocycles. The lowest BCUT2D eigenvalue weighted by Gasteiger charge is -2.33. The summed E-state index contributed by atoms with van der Waals surface area (Å²) in [5.41, 5.74) is 5.13. The van der Waals surface area contributed by atoms with Gasteiger partial charge >= 0.3 is 0 Å². The fourth-order valence-electron chi connectivity index (χ4n) is 1.63. The quantitative estimate of drug-likeness (QED) is 0.678. The highest BCUT2D eigenvalue weighted by Gasteiger charge is 2.22. The third-order valence-corrected chi connectivity index (χ3v) is 3.10. The van der Waals surface area contributed by atoms with Crippen LogP contribution in [0.2, 0.25) is 0 Å². The van der Waals surface area contributed by atoms with Gasteiger partial charge in [-0.3, -0.25) is 9.69 Å². The molecule has 0 aromatic heterocycles. The highest BCUT2D eigenvalue weighted by atomic mass is 32.2. The number of carbonyl (C=O) groups excluding carboxylic acids is 1. The molecule has 2 atom stereocenters. The molecule has 0 spiro atoms. The second-order valence-corrected chi connectivity index (χ2v) is 5.30. The Hall–Kier alpha value is -0.220. The highest BCUT2D eigenvalue weighted by Crippen LogP contribution is 2.23. The van der Waals surface area contributed by atoms with E-state index < -0.39 is 0 Å². The number of hydrogen-bond donors (Lipinski definition) is 1. The molecule has 4 heteroatoms. The number of amides is 1. The molecule has 0 radical (unpaired) electrons. The largest absolute Gasteiger partial charge is 0.369 e. The second-order valence-electron chi connectivity index (χ2n) is 3.42. The molecule has 1 heterocycles. The normalized spacial score (nSPS) is 31.8. The van der Waals surface area contributed by atoms with E-state index in [9.17, 15) is 4.79 Å². The second kappa shape index (κ2) is 4.14. The molecule has 0 aromatic carbocycles. The van der Waals surface area contributed by atoms with Gasteiger partial charge in [-0.2, -0.15) is 11.8 Å². The maximum Gasteiger partial charge on any atom is 0.231 e. The molecule has 3 nitrogen and oxygen atoms in total. The van der Waals surface area contributed by atoms with Crippen LogP contribution in [-0.2, 0) is 4.79 Å². The van der Waals surface area contributed by atoms with Crippen LogP contribution in [0.5, 0.6) is 0 Å². The van der Waals surface area contributed by atoms with Crippen molar-refractivity contribution in [1.29, 1.82) is 0 Å². The van der Waals surface area contributed by atoms with Crippen LogP contribution in [0.15, 0.2) is 0 Å². The van der Waals surface area contributed by atoms with E-state index in [-0.39, 0.29) is 5.91 Å². The standard InChI is InChI=1S/C8H16N2OS/c1-6-3-10(5-8(9)11)4-7(2)12-6/h6-7H,3-5H2,1-2H3,(H2,9,11). The number of carbonyl (C=O) groups is 1. The molecular weight excluding hydrogens is 172 g/mol. The topological polar surface area (TPSA) is 46.3 Å². The molecule has 1 rings (SSSR count). The SMILES string of the molecule is CC1CN(CC(N)=O)CC(C)S1. The van der Waals surface area contributed by atoms with Crippen LogP contribution >= 0.6 is 11.8 Å². The van der Waals surface area contributed by atoms with Crippen LogP contribution in [0.4, 0.5) is 0 Å².